The van der Waals surface area contributed by atoms with E-state index in [-0.39, 0.29) is 5.78 Å². The molecule has 1 heterocycles. The molecular weight excluding hydrogens is 408 g/mol. The van der Waals surface area contributed by atoms with E-state index in [1.54, 1.807) is 58.2 Å². The summed E-state index contributed by atoms with van der Waals surface area (Å²) in [6.45, 7) is 9.10. The summed E-state index contributed by atoms with van der Waals surface area (Å²) in [4.78, 5) is 33.3. The van der Waals surface area contributed by atoms with Gasteiger partial charge in [-0.3, -0.25) is 9.59 Å². The number of carbonyl (C=O) groups is 2. The minimum Gasteiger partial charge on any atom is -0.375 e. The standard InChI is InChI=1S/C22H21ClN2O3S/c1-6-20(4)15(23)10-13-17(26)21(20,24-11-29)12-8-7-9-14-16(12)22(28,19(13,2)3)18(27)25(14)5/h6-10,13,28H,1H2,2-5H3/t13-,20+,21+,22-/m1/s1. The van der Waals surface area contributed by atoms with Gasteiger partial charge in [0, 0.05) is 29.0 Å². The molecule has 5 nitrogen and oxygen atoms in total. The number of fused-ring (bicyclic) bond motifs is 3. The van der Waals surface area contributed by atoms with E-state index >= 15 is 0 Å². The number of rotatable bonds is 2. The third-order valence-corrected chi connectivity index (χ3v) is 7.91. The zero-order valence-corrected chi connectivity index (χ0v) is 18.2. The number of carbonyl (C=O) groups excluding carboxylic acids is 2. The second kappa shape index (κ2) is 5.73. The fourth-order valence-corrected chi connectivity index (χ4v) is 5.80. The largest absolute Gasteiger partial charge is 0.375 e. The Morgan fingerprint density at radius 1 is 1.34 bits per heavy atom. The quantitative estimate of drug-likeness (QED) is 0.443. The first-order valence-corrected chi connectivity index (χ1v) is 10.0. The smallest absolute Gasteiger partial charge is 0.264 e. The number of Topliss-reactive ketones (excluding diaryl/α,β-unsaturated/α-hetero) is 1. The Labute approximate surface area is 179 Å². The van der Waals surface area contributed by atoms with Crippen molar-refractivity contribution in [2.75, 3.05) is 11.9 Å². The van der Waals surface area contributed by atoms with E-state index in [0.717, 1.165) is 0 Å². The van der Waals surface area contributed by atoms with Crippen molar-refractivity contribution in [2.24, 2.45) is 21.7 Å². The van der Waals surface area contributed by atoms with Crippen LogP contribution in [0, 0.1) is 16.7 Å². The van der Waals surface area contributed by atoms with E-state index in [0.29, 0.717) is 21.8 Å². The molecule has 0 radical (unpaired) electrons. The van der Waals surface area contributed by atoms with Gasteiger partial charge in [0.1, 0.15) is 0 Å². The van der Waals surface area contributed by atoms with Crippen LogP contribution in [-0.2, 0) is 20.7 Å². The lowest BCUT2D eigenvalue weighted by atomic mass is 9.56. The van der Waals surface area contributed by atoms with Gasteiger partial charge in [0.05, 0.1) is 16.3 Å². The van der Waals surface area contributed by atoms with Crippen molar-refractivity contribution in [3.63, 3.8) is 0 Å². The van der Waals surface area contributed by atoms with Gasteiger partial charge in [-0.1, -0.05) is 49.7 Å². The predicted octanol–water partition coefficient (Wildman–Crippen LogP) is 3.70. The van der Waals surface area contributed by atoms with E-state index in [2.05, 4.69) is 16.7 Å². The molecule has 1 aromatic carbocycles. The number of allylic oxidation sites excluding steroid dienone is 1. The van der Waals surface area contributed by atoms with Crippen molar-refractivity contribution >= 4 is 46.4 Å². The number of benzene rings is 1. The van der Waals surface area contributed by atoms with Crippen molar-refractivity contribution in [3.05, 3.63) is 53.1 Å². The number of aliphatic imine (C=N–C) groups is 1. The van der Waals surface area contributed by atoms with Crippen LogP contribution in [0.2, 0.25) is 0 Å². The molecule has 4 rings (SSSR count). The van der Waals surface area contributed by atoms with Crippen LogP contribution in [0.15, 0.2) is 47.0 Å². The number of halogens is 1. The maximum absolute atomic E-state index is 14.1. The third kappa shape index (κ3) is 1.87. The number of amides is 1. The SMILES string of the molecule is C=C[C@@]1(C)C(Cl)=C[C@@H]2C(=O)[C@@]1(N=C=S)c1cccc3c1[C@@](O)(C(=O)N3C)C2(C)C. The van der Waals surface area contributed by atoms with Crippen LogP contribution in [0.4, 0.5) is 5.69 Å². The maximum Gasteiger partial charge on any atom is 0.264 e. The van der Waals surface area contributed by atoms with Crippen molar-refractivity contribution in [1.82, 2.24) is 0 Å². The van der Waals surface area contributed by atoms with Crippen molar-refractivity contribution in [2.45, 2.75) is 31.9 Å². The molecule has 1 aliphatic heterocycles. The monoisotopic (exact) mass is 428 g/mol. The summed E-state index contributed by atoms with van der Waals surface area (Å²) in [5.74, 6) is -1.66. The second-order valence-corrected chi connectivity index (χ2v) is 9.26. The zero-order valence-electron chi connectivity index (χ0n) is 16.6. The normalized spacial score (nSPS) is 36.7. The zero-order chi connectivity index (χ0) is 21.6. The average molecular weight is 429 g/mol. The number of likely N-dealkylation sites (N-methyl/N-ethyl adjacent to an activating group) is 1. The molecule has 0 aromatic heterocycles. The van der Waals surface area contributed by atoms with E-state index in [4.69, 9.17) is 23.8 Å². The van der Waals surface area contributed by atoms with Crippen molar-refractivity contribution in [3.8, 4) is 0 Å². The van der Waals surface area contributed by atoms with E-state index in [1.165, 1.54) is 4.90 Å². The first-order chi connectivity index (χ1) is 13.5. The molecule has 2 bridgehead atoms. The summed E-state index contributed by atoms with van der Waals surface area (Å²) >= 11 is 11.7. The van der Waals surface area contributed by atoms with Crippen molar-refractivity contribution in [1.29, 1.82) is 0 Å². The lowest BCUT2D eigenvalue weighted by Crippen LogP contribution is -2.57. The average Bonchev–Trinajstić information content (AvgIpc) is 2.88. The van der Waals surface area contributed by atoms with E-state index in [1.807, 2.05) is 0 Å². The van der Waals surface area contributed by atoms with Gasteiger partial charge in [0.15, 0.2) is 16.9 Å². The molecule has 29 heavy (non-hydrogen) atoms. The number of anilines is 1. The minimum atomic E-state index is -1.94. The number of hydrogen-bond acceptors (Lipinski definition) is 5. The van der Waals surface area contributed by atoms with Gasteiger partial charge in [-0.15, -0.1) is 6.58 Å². The molecule has 2 aliphatic carbocycles. The van der Waals surface area contributed by atoms with Gasteiger partial charge >= 0.3 is 0 Å². The number of hydrogen-bond donors (Lipinski definition) is 1. The number of ketones is 1. The first kappa shape index (κ1) is 20.2. The summed E-state index contributed by atoms with van der Waals surface area (Å²) < 4.78 is 0. The van der Waals surface area contributed by atoms with Gasteiger partial charge < -0.3 is 10.0 Å². The molecule has 3 aliphatic rings. The van der Waals surface area contributed by atoms with E-state index < -0.39 is 33.8 Å². The molecule has 0 saturated carbocycles. The van der Waals surface area contributed by atoms with Gasteiger partial charge in [-0.2, -0.15) is 0 Å². The Kier molecular flexibility index (Phi) is 3.99. The van der Waals surface area contributed by atoms with Crippen LogP contribution in [0.5, 0.6) is 0 Å². The number of nitrogens with zero attached hydrogens (tertiary/aromatic N) is 2. The van der Waals surface area contributed by atoms with Gasteiger partial charge in [-0.25, -0.2) is 4.99 Å². The first-order valence-electron chi connectivity index (χ1n) is 9.26. The number of aliphatic hydroxyl groups is 1. The molecule has 7 heteroatoms. The Morgan fingerprint density at radius 3 is 2.59 bits per heavy atom. The van der Waals surface area contributed by atoms with Gasteiger partial charge in [-0.05, 0) is 30.8 Å². The molecule has 150 valence electrons. The highest BCUT2D eigenvalue weighted by molar-refractivity contribution is 7.78. The summed E-state index contributed by atoms with van der Waals surface area (Å²) in [5.41, 5.74) is -4.55. The summed E-state index contributed by atoms with van der Waals surface area (Å²) in [6, 6.07) is 5.19. The second-order valence-electron chi connectivity index (χ2n) is 8.67. The predicted molar refractivity (Wildman–Crippen MR) is 115 cm³/mol. The van der Waals surface area contributed by atoms with E-state index in [9.17, 15) is 14.7 Å². The molecular formula is C22H21ClN2O3S. The van der Waals surface area contributed by atoms with Crippen LogP contribution >= 0.6 is 23.8 Å². The third-order valence-electron chi connectivity index (χ3n) is 7.30. The molecule has 4 atom stereocenters. The molecule has 1 aromatic rings. The fraction of sp³-hybridized carbons (Fsp3) is 0.409. The Morgan fingerprint density at radius 2 is 2.00 bits per heavy atom. The molecule has 0 saturated heterocycles. The highest BCUT2D eigenvalue weighted by atomic mass is 35.5. The van der Waals surface area contributed by atoms with Crippen LogP contribution in [-0.4, -0.2) is 29.0 Å². The van der Waals surface area contributed by atoms with Crippen LogP contribution in [0.1, 0.15) is 31.9 Å². The van der Waals surface area contributed by atoms with Crippen molar-refractivity contribution < 1.29 is 14.7 Å². The van der Waals surface area contributed by atoms with Crippen LogP contribution in [0.25, 0.3) is 0 Å². The Hall–Kier alpha value is -2.11. The van der Waals surface area contributed by atoms with Crippen LogP contribution in [0.3, 0.4) is 0 Å². The number of thiocarbonyl (C=S) groups is 1. The van der Waals surface area contributed by atoms with Gasteiger partial charge in [0.2, 0.25) is 0 Å². The van der Waals surface area contributed by atoms with Crippen LogP contribution < -0.4 is 4.90 Å². The fourth-order valence-electron chi connectivity index (χ4n) is 5.33. The summed E-state index contributed by atoms with van der Waals surface area (Å²) in [5, 5.41) is 14.7. The lowest BCUT2D eigenvalue weighted by molar-refractivity contribution is -0.158. The topological polar surface area (TPSA) is 70.0 Å². The molecule has 1 N–H and O–H groups in total. The minimum absolute atomic E-state index is 0.293. The summed E-state index contributed by atoms with van der Waals surface area (Å²) in [6.07, 6.45) is 3.20. The number of isothiocyanates is 1. The highest BCUT2D eigenvalue weighted by Crippen LogP contribution is 2.66. The molecule has 0 spiro atoms. The van der Waals surface area contributed by atoms with Gasteiger partial charge in [0.25, 0.3) is 5.91 Å². The molecule has 0 unspecified atom stereocenters. The Bertz CT molecular complexity index is 1090. The maximum atomic E-state index is 14.1. The lowest BCUT2D eigenvalue weighted by Gasteiger charge is -2.48. The Balaban J connectivity index is 2.33. The molecule has 0 fully saturated rings. The molecule has 1 amide bonds. The summed E-state index contributed by atoms with van der Waals surface area (Å²) in [7, 11) is 1.61. The highest BCUT2D eigenvalue weighted by Gasteiger charge is 2.72.